The predicted octanol–water partition coefficient (Wildman–Crippen LogP) is 3.54. The Labute approximate surface area is 130 Å². The molecule has 0 saturated heterocycles. The molecular formula is C14H18ClN3O2S. The summed E-state index contributed by atoms with van der Waals surface area (Å²) >= 11 is 6.01. The number of hydrogen-bond donors (Lipinski definition) is 1. The molecule has 1 aromatic carbocycles. The molecule has 0 aliphatic heterocycles. The summed E-state index contributed by atoms with van der Waals surface area (Å²) in [5, 5.41) is 4.66. The van der Waals surface area contributed by atoms with Crippen LogP contribution in [0.5, 0.6) is 0 Å². The summed E-state index contributed by atoms with van der Waals surface area (Å²) < 4.78 is 29.4. The van der Waals surface area contributed by atoms with Crippen LogP contribution in [0.1, 0.15) is 31.3 Å². The van der Waals surface area contributed by atoms with E-state index in [1.165, 1.54) is 0 Å². The molecule has 21 heavy (non-hydrogen) atoms. The van der Waals surface area contributed by atoms with Gasteiger partial charge in [0.25, 0.3) is 10.0 Å². The lowest BCUT2D eigenvalue weighted by atomic mass is 10.3. The fraction of sp³-hybridized carbons (Fsp3) is 0.357. The van der Waals surface area contributed by atoms with Crippen LogP contribution in [-0.4, -0.2) is 18.2 Å². The lowest BCUT2D eigenvalue weighted by Gasteiger charge is -2.11. The van der Waals surface area contributed by atoms with Crippen molar-refractivity contribution < 1.29 is 8.42 Å². The van der Waals surface area contributed by atoms with E-state index in [0.717, 1.165) is 0 Å². The van der Waals surface area contributed by atoms with E-state index in [2.05, 4.69) is 9.82 Å². The zero-order valence-corrected chi connectivity index (χ0v) is 14.0. The van der Waals surface area contributed by atoms with Gasteiger partial charge >= 0.3 is 0 Å². The Balaban J connectivity index is 2.48. The van der Waals surface area contributed by atoms with Gasteiger partial charge in [-0.3, -0.25) is 9.40 Å². The highest BCUT2D eigenvalue weighted by Gasteiger charge is 2.25. The fourth-order valence-corrected chi connectivity index (χ4v) is 4.00. The van der Waals surface area contributed by atoms with Crippen LogP contribution in [0.15, 0.2) is 29.2 Å². The summed E-state index contributed by atoms with van der Waals surface area (Å²) in [4.78, 5) is 0.205. The van der Waals surface area contributed by atoms with E-state index in [9.17, 15) is 8.42 Å². The monoisotopic (exact) mass is 327 g/mol. The van der Waals surface area contributed by atoms with Crippen molar-refractivity contribution in [3.63, 3.8) is 0 Å². The van der Waals surface area contributed by atoms with Crippen molar-refractivity contribution in [1.82, 2.24) is 9.78 Å². The highest BCUT2D eigenvalue weighted by Crippen LogP contribution is 2.27. The number of rotatable bonds is 4. The molecule has 0 bridgehead atoms. The van der Waals surface area contributed by atoms with E-state index in [1.807, 2.05) is 13.8 Å². The Morgan fingerprint density at radius 3 is 2.38 bits per heavy atom. The van der Waals surface area contributed by atoms with Crippen LogP contribution in [0.4, 0.5) is 5.69 Å². The molecule has 7 heteroatoms. The molecule has 0 spiro atoms. The van der Waals surface area contributed by atoms with Gasteiger partial charge in [-0.05, 0) is 39.8 Å². The molecule has 2 aromatic rings. The normalized spacial score (nSPS) is 11.9. The highest BCUT2D eigenvalue weighted by molar-refractivity contribution is 7.92. The number of anilines is 1. The molecule has 1 aromatic heterocycles. The zero-order chi connectivity index (χ0) is 15.8. The first-order chi connectivity index (χ1) is 9.74. The topological polar surface area (TPSA) is 64.0 Å². The summed E-state index contributed by atoms with van der Waals surface area (Å²) in [5.41, 5.74) is 1.44. The standard InChI is InChI=1S/C14H18ClN3O2S/c1-9(2)18-11(4)14(10(3)16-18)21(19,20)17-13-8-6-5-7-12(13)15/h5-9,17H,1-4H3. The van der Waals surface area contributed by atoms with Gasteiger partial charge in [-0.1, -0.05) is 23.7 Å². The summed E-state index contributed by atoms with van der Waals surface area (Å²) in [6, 6.07) is 6.82. The second-order valence-electron chi connectivity index (χ2n) is 5.12. The molecular weight excluding hydrogens is 310 g/mol. The van der Waals surface area contributed by atoms with Gasteiger partial charge < -0.3 is 0 Å². The first kappa shape index (κ1) is 15.9. The molecule has 0 amide bonds. The maximum absolute atomic E-state index is 12.6. The SMILES string of the molecule is Cc1nn(C(C)C)c(C)c1S(=O)(=O)Nc1ccccc1Cl. The number of nitrogens with one attached hydrogen (secondary N) is 1. The molecule has 0 aliphatic rings. The number of sulfonamides is 1. The van der Waals surface area contributed by atoms with Crippen LogP contribution in [0.3, 0.4) is 0 Å². The predicted molar refractivity (Wildman–Crippen MR) is 84.3 cm³/mol. The Bertz CT molecular complexity index is 767. The second kappa shape index (κ2) is 5.69. The lowest BCUT2D eigenvalue weighted by molar-refractivity contribution is 0.514. The quantitative estimate of drug-likeness (QED) is 0.934. The van der Waals surface area contributed by atoms with Crippen molar-refractivity contribution in [3.05, 3.63) is 40.7 Å². The molecule has 0 saturated carbocycles. The van der Waals surface area contributed by atoms with Crippen LogP contribution in [-0.2, 0) is 10.0 Å². The summed E-state index contributed by atoms with van der Waals surface area (Å²) in [6.07, 6.45) is 0. The molecule has 114 valence electrons. The average molecular weight is 328 g/mol. The van der Waals surface area contributed by atoms with Gasteiger partial charge in [-0.15, -0.1) is 0 Å². The number of nitrogens with zero attached hydrogens (tertiary/aromatic N) is 2. The zero-order valence-electron chi connectivity index (χ0n) is 12.4. The number of benzene rings is 1. The highest BCUT2D eigenvalue weighted by atomic mass is 35.5. The van der Waals surface area contributed by atoms with Gasteiger partial charge in [0.1, 0.15) is 4.90 Å². The van der Waals surface area contributed by atoms with Crippen LogP contribution in [0.2, 0.25) is 5.02 Å². The molecule has 0 fully saturated rings. The van der Waals surface area contributed by atoms with Crippen LogP contribution >= 0.6 is 11.6 Å². The summed E-state index contributed by atoms with van der Waals surface area (Å²) in [7, 11) is -3.73. The minimum absolute atomic E-state index is 0.0907. The minimum Gasteiger partial charge on any atom is -0.278 e. The number of hydrogen-bond acceptors (Lipinski definition) is 3. The van der Waals surface area contributed by atoms with E-state index in [4.69, 9.17) is 11.6 Å². The third-order valence-electron chi connectivity index (χ3n) is 3.13. The number of aryl methyl sites for hydroxylation is 1. The molecule has 0 atom stereocenters. The van der Waals surface area contributed by atoms with Gasteiger partial charge in [-0.2, -0.15) is 5.10 Å². The molecule has 0 radical (unpaired) electrons. The maximum atomic E-state index is 12.6. The van der Waals surface area contributed by atoms with Crippen LogP contribution in [0.25, 0.3) is 0 Å². The Morgan fingerprint density at radius 2 is 1.86 bits per heavy atom. The molecule has 2 rings (SSSR count). The van der Waals surface area contributed by atoms with E-state index in [1.54, 1.807) is 42.8 Å². The van der Waals surface area contributed by atoms with E-state index >= 15 is 0 Å². The average Bonchev–Trinajstić information content (AvgIpc) is 2.68. The van der Waals surface area contributed by atoms with Gasteiger partial charge in [0.15, 0.2) is 0 Å². The maximum Gasteiger partial charge on any atom is 0.265 e. The van der Waals surface area contributed by atoms with E-state index < -0.39 is 10.0 Å². The van der Waals surface area contributed by atoms with Crippen molar-refractivity contribution in [2.75, 3.05) is 4.72 Å². The minimum atomic E-state index is -3.73. The van der Waals surface area contributed by atoms with Crippen molar-refractivity contribution in [1.29, 1.82) is 0 Å². The first-order valence-corrected chi connectivity index (χ1v) is 8.43. The number of para-hydroxylation sites is 1. The van der Waals surface area contributed by atoms with Gasteiger partial charge in [-0.25, -0.2) is 8.42 Å². The fourth-order valence-electron chi connectivity index (χ4n) is 2.28. The van der Waals surface area contributed by atoms with E-state index in [-0.39, 0.29) is 10.9 Å². The molecule has 1 N–H and O–H groups in total. The third kappa shape index (κ3) is 3.06. The first-order valence-electron chi connectivity index (χ1n) is 6.57. The second-order valence-corrected chi connectivity index (χ2v) is 7.15. The smallest absolute Gasteiger partial charge is 0.265 e. The summed E-state index contributed by atoms with van der Waals surface area (Å²) in [5.74, 6) is 0. The molecule has 5 nitrogen and oxygen atoms in total. The Kier molecular flexibility index (Phi) is 4.30. The molecule has 1 heterocycles. The van der Waals surface area contributed by atoms with Gasteiger partial charge in [0.2, 0.25) is 0 Å². The number of halogens is 1. The third-order valence-corrected chi connectivity index (χ3v) is 5.08. The van der Waals surface area contributed by atoms with Crippen molar-refractivity contribution in [2.24, 2.45) is 0 Å². The lowest BCUT2D eigenvalue weighted by Crippen LogP contribution is -2.15. The van der Waals surface area contributed by atoms with Gasteiger partial charge in [0.05, 0.1) is 22.1 Å². The Morgan fingerprint density at radius 1 is 1.24 bits per heavy atom. The van der Waals surface area contributed by atoms with Crippen LogP contribution in [0, 0.1) is 13.8 Å². The number of aromatic nitrogens is 2. The molecule has 0 unspecified atom stereocenters. The van der Waals surface area contributed by atoms with E-state index in [0.29, 0.717) is 22.1 Å². The largest absolute Gasteiger partial charge is 0.278 e. The van der Waals surface area contributed by atoms with Crippen molar-refractivity contribution in [3.8, 4) is 0 Å². The molecule has 0 aliphatic carbocycles. The Hall–Kier alpha value is -1.53. The van der Waals surface area contributed by atoms with Crippen LogP contribution < -0.4 is 4.72 Å². The van der Waals surface area contributed by atoms with Gasteiger partial charge in [0, 0.05) is 6.04 Å². The summed E-state index contributed by atoms with van der Waals surface area (Å²) in [6.45, 7) is 7.35. The van der Waals surface area contributed by atoms with Crippen molar-refractivity contribution >= 4 is 27.3 Å². The van der Waals surface area contributed by atoms with Crippen molar-refractivity contribution in [2.45, 2.75) is 38.6 Å².